The van der Waals surface area contributed by atoms with Crippen molar-refractivity contribution < 1.29 is 24.0 Å². The maximum atomic E-state index is 12.0. The second kappa shape index (κ2) is 5.40. The van der Waals surface area contributed by atoms with E-state index in [0.29, 0.717) is 18.8 Å². The highest BCUT2D eigenvalue weighted by atomic mass is 16.5. The Morgan fingerprint density at radius 2 is 2.32 bits per heavy atom. The van der Waals surface area contributed by atoms with Crippen molar-refractivity contribution in [2.45, 2.75) is 13.5 Å². The topological polar surface area (TPSA) is 92.9 Å². The van der Waals surface area contributed by atoms with Crippen molar-refractivity contribution in [2.24, 2.45) is 11.8 Å². The number of hydrogen-bond donors (Lipinski definition) is 1. The van der Waals surface area contributed by atoms with Gasteiger partial charge in [0.1, 0.15) is 6.61 Å². The van der Waals surface area contributed by atoms with E-state index >= 15 is 0 Å². The van der Waals surface area contributed by atoms with E-state index in [-0.39, 0.29) is 24.1 Å². The van der Waals surface area contributed by atoms with Crippen LogP contribution < -0.4 is 0 Å². The van der Waals surface area contributed by atoms with Crippen LogP contribution >= 0.6 is 0 Å². The molecule has 2 rings (SSSR count). The molecule has 1 fully saturated rings. The number of nitrogens with zero attached hydrogens (tertiary/aromatic N) is 2. The molecule has 0 aliphatic carbocycles. The quantitative estimate of drug-likeness (QED) is 0.841. The Morgan fingerprint density at radius 1 is 1.63 bits per heavy atom. The van der Waals surface area contributed by atoms with Gasteiger partial charge in [-0.1, -0.05) is 12.1 Å². The van der Waals surface area contributed by atoms with Gasteiger partial charge in [-0.2, -0.15) is 0 Å². The van der Waals surface area contributed by atoms with Gasteiger partial charge in [0.15, 0.2) is 11.5 Å². The highest BCUT2D eigenvalue weighted by Gasteiger charge is 2.38. The fourth-order valence-electron chi connectivity index (χ4n) is 1.98. The summed E-state index contributed by atoms with van der Waals surface area (Å²) in [6, 6.07) is 1.54. The average molecular weight is 268 g/mol. The monoisotopic (exact) mass is 268 g/mol. The van der Waals surface area contributed by atoms with Crippen LogP contribution in [0.2, 0.25) is 0 Å². The van der Waals surface area contributed by atoms with Crippen molar-refractivity contribution in [3.63, 3.8) is 0 Å². The number of carbonyl (C=O) groups excluding carboxylic acids is 1. The van der Waals surface area contributed by atoms with E-state index in [4.69, 9.17) is 14.4 Å². The summed E-state index contributed by atoms with van der Waals surface area (Å²) in [6.45, 7) is 2.80. The van der Waals surface area contributed by atoms with Crippen molar-refractivity contribution in [1.82, 2.24) is 10.1 Å². The molecule has 1 N–H and O–H groups in total. The van der Waals surface area contributed by atoms with Gasteiger partial charge in [0.05, 0.1) is 5.92 Å². The molecule has 0 saturated carbocycles. The Bertz CT molecular complexity index is 478. The molecule has 1 amide bonds. The number of ether oxygens (including phenoxy) is 1. The number of rotatable bonds is 5. The summed E-state index contributed by atoms with van der Waals surface area (Å²) in [6.07, 6.45) is 0. The summed E-state index contributed by atoms with van der Waals surface area (Å²) in [5.74, 6) is -1.01. The Hall–Kier alpha value is -1.89. The summed E-state index contributed by atoms with van der Waals surface area (Å²) >= 11 is 0. The van der Waals surface area contributed by atoms with Gasteiger partial charge in [0.2, 0.25) is 0 Å². The first-order valence-electron chi connectivity index (χ1n) is 5.99. The smallest absolute Gasteiger partial charge is 0.306 e. The van der Waals surface area contributed by atoms with Crippen molar-refractivity contribution >= 4 is 11.9 Å². The van der Waals surface area contributed by atoms with Crippen molar-refractivity contribution in [3.05, 3.63) is 17.5 Å². The van der Waals surface area contributed by atoms with Gasteiger partial charge in [-0.25, -0.2) is 0 Å². The van der Waals surface area contributed by atoms with Crippen molar-refractivity contribution in [1.29, 1.82) is 0 Å². The molecule has 0 radical (unpaired) electrons. The third-order valence-electron chi connectivity index (χ3n) is 3.36. The van der Waals surface area contributed by atoms with Gasteiger partial charge in [-0.3, -0.25) is 9.59 Å². The Balaban J connectivity index is 1.90. The highest BCUT2D eigenvalue weighted by molar-refractivity contribution is 5.92. The van der Waals surface area contributed by atoms with E-state index in [2.05, 4.69) is 5.16 Å². The normalized spacial score (nSPS) is 17.1. The lowest BCUT2D eigenvalue weighted by molar-refractivity contribution is -0.144. The lowest BCUT2D eigenvalue weighted by atomic mass is 9.87. The number of carboxylic acid groups (broad SMARTS) is 1. The van der Waals surface area contributed by atoms with Crippen LogP contribution in [0.3, 0.4) is 0 Å². The Kier molecular flexibility index (Phi) is 3.84. The number of aromatic nitrogens is 1. The molecule has 2 heterocycles. The molecule has 1 atom stereocenters. The number of methoxy groups -OCH3 is 1. The minimum Gasteiger partial charge on any atom is -0.481 e. The van der Waals surface area contributed by atoms with E-state index in [1.807, 2.05) is 0 Å². The van der Waals surface area contributed by atoms with E-state index in [1.165, 1.54) is 7.11 Å². The van der Waals surface area contributed by atoms with Gasteiger partial charge >= 0.3 is 5.97 Å². The summed E-state index contributed by atoms with van der Waals surface area (Å²) in [5, 5.41) is 12.6. The summed E-state index contributed by atoms with van der Waals surface area (Å²) in [5.41, 5.74) is 0.230. The van der Waals surface area contributed by atoms with Crippen LogP contribution in [-0.2, 0) is 16.1 Å². The molecular formula is C12H16N2O5. The fourth-order valence-corrected chi connectivity index (χ4v) is 1.98. The zero-order valence-electron chi connectivity index (χ0n) is 10.8. The van der Waals surface area contributed by atoms with Crippen LogP contribution in [0.5, 0.6) is 0 Å². The second-order valence-electron chi connectivity index (χ2n) is 4.71. The largest absolute Gasteiger partial charge is 0.481 e. The van der Waals surface area contributed by atoms with Gasteiger partial charge in [0, 0.05) is 32.2 Å². The van der Waals surface area contributed by atoms with Gasteiger partial charge < -0.3 is 19.3 Å². The number of carboxylic acids is 1. The first kappa shape index (κ1) is 13.5. The van der Waals surface area contributed by atoms with Crippen molar-refractivity contribution in [3.8, 4) is 0 Å². The average Bonchev–Trinajstić information content (AvgIpc) is 2.75. The van der Waals surface area contributed by atoms with Crippen LogP contribution in [0, 0.1) is 11.8 Å². The van der Waals surface area contributed by atoms with Gasteiger partial charge in [-0.15, -0.1) is 0 Å². The predicted octanol–water partition coefficient (Wildman–Crippen LogP) is 0.614. The van der Waals surface area contributed by atoms with E-state index in [1.54, 1.807) is 17.9 Å². The van der Waals surface area contributed by atoms with E-state index in [0.717, 1.165) is 0 Å². The Morgan fingerprint density at radius 3 is 2.89 bits per heavy atom. The molecule has 1 unspecified atom stereocenters. The first-order valence-corrected chi connectivity index (χ1v) is 5.99. The van der Waals surface area contributed by atoms with Crippen molar-refractivity contribution in [2.75, 3.05) is 20.2 Å². The molecule has 7 nitrogen and oxygen atoms in total. The van der Waals surface area contributed by atoms with Crippen LogP contribution in [-0.4, -0.2) is 47.2 Å². The van der Waals surface area contributed by atoms with Crippen LogP contribution in [0.4, 0.5) is 0 Å². The maximum Gasteiger partial charge on any atom is 0.306 e. The Labute approximate surface area is 110 Å². The minimum absolute atomic E-state index is 0.00629. The standard InChI is InChI=1S/C12H16N2O5/c1-7(12(16)17)8-4-14(5-8)11(15)10-3-9(6-18-2)19-13-10/h3,7-8H,4-6H2,1-2H3,(H,16,17). The lowest BCUT2D eigenvalue weighted by Crippen LogP contribution is -2.53. The molecule has 1 aromatic rings. The first-order chi connectivity index (χ1) is 9.02. The molecule has 1 aromatic heterocycles. The van der Waals surface area contributed by atoms with Crippen LogP contribution in [0.1, 0.15) is 23.2 Å². The molecule has 0 aromatic carbocycles. The van der Waals surface area contributed by atoms with Crippen LogP contribution in [0.15, 0.2) is 10.6 Å². The molecule has 19 heavy (non-hydrogen) atoms. The summed E-state index contributed by atoms with van der Waals surface area (Å²) < 4.78 is 9.81. The van der Waals surface area contributed by atoms with E-state index in [9.17, 15) is 9.59 Å². The third kappa shape index (κ3) is 2.76. The number of aliphatic carboxylic acids is 1. The van der Waals surface area contributed by atoms with Gasteiger partial charge in [0.25, 0.3) is 5.91 Å². The maximum absolute atomic E-state index is 12.0. The molecule has 7 heteroatoms. The minimum atomic E-state index is -0.832. The zero-order chi connectivity index (χ0) is 14.0. The fraction of sp³-hybridized carbons (Fsp3) is 0.583. The molecule has 1 saturated heterocycles. The molecule has 1 aliphatic rings. The number of amides is 1. The number of likely N-dealkylation sites (tertiary alicyclic amines) is 1. The predicted molar refractivity (Wildman–Crippen MR) is 63.4 cm³/mol. The summed E-state index contributed by atoms with van der Waals surface area (Å²) in [7, 11) is 1.53. The second-order valence-corrected chi connectivity index (χ2v) is 4.71. The number of hydrogen-bond acceptors (Lipinski definition) is 5. The molecule has 0 spiro atoms. The summed E-state index contributed by atoms with van der Waals surface area (Å²) in [4.78, 5) is 24.4. The lowest BCUT2D eigenvalue weighted by Gasteiger charge is -2.40. The van der Waals surface area contributed by atoms with Gasteiger partial charge in [-0.05, 0) is 0 Å². The molecule has 0 bridgehead atoms. The SMILES string of the molecule is COCc1cc(C(=O)N2CC(C(C)C(=O)O)C2)no1. The molecule has 104 valence electrons. The highest BCUT2D eigenvalue weighted by Crippen LogP contribution is 2.25. The molecular weight excluding hydrogens is 252 g/mol. The zero-order valence-corrected chi connectivity index (χ0v) is 10.8. The van der Waals surface area contributed by atoms with Crippen LogP contribution in [0.25, 0.3) is 0 Å². The third-order valence-corrected chi connectivity index (χ3v) is 3.36. The number of carbonyl (C=O) groups is 2. The van der Waals surface area contributed by atoms with E-state index < -0.39 is 11.9 Å². The molecule has 1 aliphatic heterocycles.